The number of unbranched alkanes of at least 4 members (excludes halogenated alkanes) is 1. The second kappa shape index (κ2) is 13.8. The minimum absolute atomic E-state index is 0.0548. The Morgan fingerprint density at radius 1 is 1.06 bits per heavy atom. The number of rotatable bonds is 12. The summed E-state index contributed by atoms with van der Waals surface area (Å²) in [6, 6.07) is -0.481. The summed E-state index contributed by atoms with van der Waals surface area (Å²) in [5.74, 6) is -0.457. The fraction of sp³-hybridized carbons (Fsp3) is 0.885. The summed E-state index contributed by atoms with van der Waals surface area (Å²) in [6.07, 6.45) is 13.3. The number of nitrogens with one attached hydrogen (secondary N) is 1. The Labute approximate surface area is 195 Å². The molecule has 2 rings (SSSR count). The van der Waals surface area contributed by atoms with Crippen molar-refractivity contribution in [3.63, 3.8) is 0 Å². The van der Waals surface area contributed by atoms with Crippen molar-refractivity contribution in [3.05, 3.63) is 0 Å². The lowest BCUT2D eigenvalue weighted by Crippen LogP contribution is -2.51. The van der Waals surface area contributed by atoms with Gasteiger partial charge in [-0.15, -0.1) is 0 Å². The number of carbonyl (C=O) groups excluding carboxylic acids is 3. The van der Waals surface area contributed by atoms with Crippen LogP contribution in [0.3, 0.4) is 0 Å². The highest BCUT2D eigenvalue weighted by molar-refractivity contribution is 5.91. The average molecular weight is 450 g/mol. The third-order valence-electron chi connectivity index (χ3n) is 7.41. The number of amides is 3. The Morgan fingerprint density at radius 2 is 1.75 bits per heavy atom. The van der Waals surface area contributed by atoms with E-state index in [1.807, 2.05) is 4.90 Å². The van der Waals surface area contributed by atoms with Crippen LogP contribution in [0, 0.1) is 23.7 Å². The van der Waals surface area contributed by atoms with Gasteiger partial charge in [0.1, 0.15) is 6.04 Å². The topological polar surface area (TPSA) is 92.5 Å². The lowest BCUT2D eigenvalue weighted by Gasteiger charge is -2.30. The molecule has 1 saturated carbocycles. The Kier molecular flexibility index (Phi) is 11.5. The second-order valence-corrected chi connectivity index (χ2v) is 10.6. The second-order valence-electron chi connectivity index (χ2n) is 10.6. The SMILES string of the molecule is CCCCC(C(N)=O)C(CC(C)C)C(=O)N[C@H]1CCCCN(CCC2CCCCC2)C1=O. The molecule has 3 atom stereocenters. The first-order valence-corrected chi connectivity index (χ1v) is 13.2. The van der Waals surface area contributed by atoms with E-state index in [4.69, 9.17) is 5.73 Å². The van der Waals surface area contributed by atoms with Crippen LogP contribution in [0.4, 0.5) is 0 Å². The van der Waals surface area contributed by atoms with E-state index in [2.05, 4.69) is 26.1 Å². The molecule has 2 unspecified atom stereocenters. The molecule has 1 heterocycles. The number of nitrogens with two attached hydrogens (primary N) is 1. The molecule has 1 saturated heterocycles. The highest BCUT2D eigenvalue weighted by Crippen LogP contribution is 2.28. The highest BCUT2D eigenvalue weighted by Gasteiger charge is 2.36. The van der Waals surface area contributed by atoms with Crippen molar-refractivity contribution < 1.29 is 14.4 Å². The molecule has 184 valence electrons. The number of likely N-dealkylation sites (tertiary alicyclic amines) is 1. The van der Waals surface area contributed by atoms with Crippen LogP contribution in [0.2, 0.25) is 0 Å². The predicted octanol–water partition coefficient (Wildman–Crippen LogP) is 4.41. The zero-order valence-electron chi connectivity index (χ0n) is 20.7. The molecule has 0 aromatic heterocycles. The van der Waals surface area contributed by atoms with Crippen LogP contribution >= 0.6 is 0 Å². The molecular weight excluding hydrogens is 402 g/mol. The van der Waals surface area contributed by atoms with E-state index in [1.165, 1.54) is 32.1 Å². The molecule has 0 aromatic carbocycles. The third kappa shape index (κ3) is 8.40. The molecule has 0 radical (unpaired) electrons. The van der Waals surface area contributed by atoms with Crippen molar-refractivity contribution >= 4 is 17.7 Å². The Balaban J connectivity index is 2.03. The number of hydrogen-bond acceptors (Lipinski definition) is 3. The molecule has 0 aromatic rings. The molecule has 6 heteroatoms. The van der Waals surface area contributed by atoms with E-state index >= 15 is 0 Å². The molecule has 1 aliphatic carbocycles. The van der Waals surface area contributed by atoms with Crippen molar-refractivity contribution in [1.29, 1.82) is 0 Å². The van der Waals surface area contributed by atoms with Crippen molar-refractivity contribution in [1.82, 2.24) is 10.2 Å². The first-order valence-electron chi connectivity index (χ1n) is 13.2. The summed E-state index contributed by atoms with van der Waals surface area (Å²) in [5, 5.41) is 3.06. The summed E-state index contributed by atoms with van der Waals surface area (Å²) in [7, 11) is 0. The zero-order valence-corrected chi connectivity index (χ0v) is 20.7. The normalized spacial score (nSPS) is 22.4. The summed E-state index contributed by atoms with van der Waals surface area (Å²) in [4.78, 5) is 40.8. The maximum absolute atomic E-state index is 13.3. The molecule has 1 aliphatic heterocycles. The molecule has 2 aliphatic rings. The van der Waals surface area contributed by atoms with Gasteiger partial charge in [0.2, 0.25) is 17.7 Å². The molecule has 6 nitrogen and oxygen atoms in total. The van der Waals surface area contributed by atoms with Crippen molar-refractivity contribution in [2.75, 3.05) is 13.1 Å². The standard InChI is InChI=1S/C26H47N3O3/c1-4-5-13-21(24(27)30)22(18-19(2)3)25(31)28-23-14-9-10-16-29(26(23)32)17-15-20-11-7-6-8-12-20/h19-23H,4-18H2,1-3H3,(H2,27,30)(H,28,31)/t21?,22?,23-/m0/s1. The first kappa shape index (κ1) is 26.7. The lowest BCUT2D eigenvalue weighted by molar-refractivity contribution is -0.139. The van der Waals surface area contributed by atoms with Gasteiger partial charge in [-0.3, -0.25) is 14.4 Å². The number of hydrogen-bond donors (Lipinski definition) is 2. The van der Waals surface area contributed by atoms with Gasteiger partial charge in [0.25, 0.3) is 0 Å². The minimum atomic E-state index is -0.481. The zero-order chi connectivity index (χ0) is 23.5. The van der Waals surface area contributed by atoms with E-state index in [9.17, 15) is 14.4 Å². The quantitative estimate of drug-likeness (QED) is 0.462. The smallest absolute Gasteiger partial charge is 0.245 e. The maximum Gasteiger partial charge on any atom is 0.245 e. The fourth-order valence-electron chi connectivity index (χ4n) is 5.48. The largest absolute Gasteiger partial charge is 0.369 e. The molecule has 3 amide bonds. The third-order valence-corrected chi connectivity index (χ3v) is 7.41. The van der Waals surface area contributed by atoms with Gasteiger partial charge in [-0.2, -0.15) is 0 Å². The van der Waals surface area contributed by atoms with Gasteiger partial charge in [0.15, 0.2) is 0 Å². The summed E-state index contributed by atoms with van der Waals surface area (Å²) in [5.41, 5.74) is 5.72. The van der Waals surface area contributed by atoms with E-state index in [0.29, 0.717) is 19.3 Å². The molecule has 3 N–H and O–H groups in total. The number of nitrogens with zero attached hydrogens (tertiary/aromatic N) is 1. The predicted molar refractivity (Wildman–Crippen MR) is 129 cm³/mol. The van der Waals surface area contributed by atoms with Gasteiger partial charge in [-0.1, -0.05) is 65.7 Å². The summed E-state index contributed by atoms with van der Waals surface area (Å²) in [6.45, 7) is 7.77. The monoisotopic (exact) mass is 449 g/mol. The minimum Gasteiger partial charge on any atom is -0.369 e. The Hall–Kier alpha value is -1.59. The molecule has 0 bridgehead atoms. The van der Waals surface area contributed by atoms with Crippen LogP contribution in [0.25, 0.3) is 0 Å². The lowest BCUT2D eigenvalue weighted by atomic mass is 9.81. The first-order chi connectivity index (χ1) is 15.3. The molecule has 0 spiro atoms. The van der Waals surface area contributed by atoms with Gasteiger partial charge in [-0.05, 0) is 50.4 Å². The van der Waals surface area contributed by atoms with Gasteiger partial charge >= 0.3 is 0 Å². The van der Waals surface area contributed by atoms with Gasteiger partial charge in [-0.25, -0.2) is 0 Å². The van der Waals surface area contributed by atoms with Crippen LogP contribution in [0.15, 0.2) is 0 Å². The number of carbonyl (C=O) groups is 3. The van der Waals surface area contributed by atoms with Crippen molar-refractivity contribution in [2.45, 2.75) is 110 Å². The van der Waals surface area contributed by atoms with E-state index < -0.39 is 23.8 Å². The maximum atomic E-state index is 13.3. The average Bonchev–Trinajstić information content (AvgIpc) is 2.93. The van der Waals surface area contributed by atoms with Gasteiger partial charge in [0, 0.05) is 24.9 Å². The van der Waals surface area contributed by atoms with Crippen LogP contribution in [0.1, 0.15) is 104 Å². The highest BCUT2D eigenvalue weighted by atomic mass is 16.2. The van der Waals surface area contributed by atoms with Crippen molar-refractivity contribution in [2.24, 2.45) is 29.4 Å². The van der Waals surface area contributed by atoms with E-state index in [-0.39, 0.29) is 17.7 Å². The molecule has 2 fully saturated rings. The Morgan fingerprint density at radius 3 is 2.38 bits per heavy atom. The fourth-order valence-corrected chi connectivity index (χ4v) is 5.48. The van der Waals surface area contributed by atoms with Gasteiger partial charge in [0.05, 0.1) is 0 Å². The van der Waals surface area contributed by atoms with E-state index in [0.717, 1.165) is 51.1 Å². The number of primary amides is 1. The van der Waals surface area contributed by atoms with Crippen LogP contribution in [0.5, 0.6) is 0 Å². The van der Waals surface area contributed by atoms with Crippen LogP contribution < -0.4 is 11.1 Å². The Bertz CT molecular complexity index is 601. The molecular formula is C26H47N3O3. The van der Waals surface area contributed by atoms with Gasteiger partial charge < -0.3 is 16.0 Å². The van der Waals surface area contributed by atoms with Crippen LogP contribution in [-0.4, -0.2) is 41.8 Å². The molecule has 32 heavy (non-hydrogen) atoms. The summed E-state index contributed by atoms with van der Waals surface area (Å²) < 4.78 is 0. The van der Waals surface area contributed by atoms with Crippen LogP contribution in [-0.2, 0) is 14.4 Å². The summed E-state index contributed by atoms with van der Waals surface area (Å²) >= 11 is 0. The van der Waals surface area contributed by atoms with E-state index in [1.54, 1.807) is 0 Å². The van der Waals surface area contributed by atoms with Crippen molar-refractivity contribution in [3.8, 4) is 0 Å².